The fourth-order valence-corrected chi connectivity index (χ4v) is 5.00. The Labute approximate surface area is 197 Å². The summed E-state index contributed by atoms with van der Waals surface area (Å²) in [4.78, 5) is 19.2. The van der Waals surface area contributed by atoms with Crippen molar-refractivity contribution in [3.05, 3.63) is 60.2 Å². The van der Waals surface area contributed by atoms with E-state index in [1.807, 2.05) is 30.3 Å². The highest BCUT2D eigenvalue weighted by atomic mass is 16.6. The molecule has 0 aromatic heterocycles. The van der Waals surface area contributed by atoms with Crippen molar-refractivity contribution < 1.29 is 14.3 Å². The van der Waals surface area contributed by atoms with Gasteiger partial charge in [-0.15, -0.1) is 0 Å². The molecule has 0 spiro atoms. The number of ether oxygens (including phenoxy) is 2. The summed E-state index contributed by atoms with van der Waals surface area (Å²) in [7, 11) is 0. The van der Waals surface area contributed by atoms with Crippen molar-refractivity contribution in [2.24, 2.45) is 0 Å². The molecular weight excluding hydrogens is 414 g/mol. The quantitative estimate of drug-likeness (QED) is 0.648. The minimum absolute atomic E-state index is 0.231. The zero-order valence-corrected chi connectivity index (χ0v) is 19.4. The van der Waals surface area contributed by atoms with Crippen molar-refractivity contribution in [3.8, 4) is 5.75 Å². The predicted octanol–water partition coefficient (Wildman–Crippen LogP) is 4.54. The Morgan fingerprint density at radius 3 is 2.15 bits per heavy atom. The van der Waals surface area contributed by atoms with Crippen LogP contribution in [0.25, 0.3) is 0 Å². The van der Waals surface area contributed by atoms with Crippen LogP contribution in [0.15, 0.2) is 54.6 Å². The number of benzene rings is 2. The minimum atomic E-state index is -0.231. The lowest BCUT2D eigenvalue weighted by Gasteiger charge is -2.41. The summed E-state index contributed by atoms with van der Waals surface area (Å²) >= 11 is 0. The van der Waals surface area contributed by atoms with Gasteiger partial charge in [-0.25, -0.2) is 4.79 Å². The number of likely N-dealkylation sites (tertiary alicyclic amines) is 1. The van der Waals surface area contributed by atoms with E-state index in [0.29, 0.717) is 25.8 Å². The van der Waals surface area contributed by atoms with Gasteiger partial charge >= 0.3 is 6.09 Å². The van der Waals surface area contributed by atoms with E-state index in [-0.39, 0.29) is 6.09 Å². The molecule has 6 nitrogen and oxygen atoms in total. The first-order valence-electron chi connectivity index (χ1n) is 12.5. The largest absolute Gasteiger partial charge is 0.490 e. The van der Waals surface area contributed by atoms with Gasteiger partial charge in [-0.05, 0) is 55.5 Å². The topological polar surface area (TPSA) is 45.3 Å². The molecular formula is C27H35N3O3. The molecule has 2 heterocycles. The van der Waals surface area contributed by atoms with Gasteiger partial charge < -0.3 is 24.2 Å². The fraction of sp³-hybridized carbons (Fsp3) is 0.519. The first-order chi connectivity index (χ1) is 16.2. The number of hydrogen-bond acceptors (Lipinski definition) is 5. The molecule has 2 aliphatic heterocycles. The summed E-state index contributed by atoms with van der Waals surface area (Å²) in [5, 5.41) is 0. The van der Waals surface area contributed by atoms with E-state index >= 15 is 0 Å². The van der Waals surface area contributed by atoms with Gasteiger partial charge in [0.1, 0.15) is 18.5 Å². The number of nitrogens with zero attached hydrogens (tertiary/aromatic N) is 3. The molecule has 0 N–H and O–H groups in total. The number of piperidine rings is 1. The van der Waals surface area contributed by atoms with Crippen LogP contribution >= 0.6 is 0 Å². The van der Waals surface area contributed by atoms with Gasteiger partial charge in [-0.3, -0.25) is 0 Å². The van der Waals surface area contributed by atoms with E-state index in [1.165, 1.54) is 38.0 Å². The van der Waals surface area contributed by atoms with Crippen LogP contribution in [0.5, 0.6) is 5.75 Å². The summed E-state index contributed by atoms with van der Waals surface area (Å²) in [5.41, 5.74) is 2.19. The summed E-state index contributed by atoms with van der Waals surface area (Å²) in [5.74, 6) is 0.962. The monoisotopic (exact) mass is 449 g/mol. The van der Waals surface area contributed by atoms with Gasteiger partial charge in [0.05, 0.1) is 0 Å². The van der Waals surface area contributed by atoms with Crippen molar-refractivity contribution in [2.75, 3.05) is 44.2 Å². The summed E-state index contributed by atoms with van der Waals surface area (Å²) in [6.07, 6.45) is 6.53. The molecule has 2 saturated heterocycles. The lowest BCUT2D eigenvalue weighted by Crippen LogP contribution is -2.48. The Morgan fingerprint density at radius 1 is 0.818 bits per heavy atom. The lowest BCUT2D eigenvalue weighted by molar-refractivity contribution is 0.0493. The van der Waals surface area contributed by atoms with Crippen LogP contribution in [-0.4, -0.2) is 67.3 Å². The standard InChI is InChI=1S/C27H35N3O3/c31-27(32-21-22-5-2-1-3-6-22)30-19-17-29(18-20-30)24-9-11-25(12-10-24)33-26-13-15-28(16-14-26)23-7-4-8-23/h1-3,5-6,9-12,23,26H,4,7-8,13-21H2. The molecule has 33 heavy (non-hydrogen) atoms. The Kier molecular flexibility index (Phi) is 7.01. The van der Waals surface area contributed by atoms with Crippen LogP contribution in [0.4, 0.5) is 10.5 Å². The maximum Gasteiger partial charge on any atom is 0.410 e. The average molecular weight is 450 g/mol. The van der Waals surface area contributed by atoms with Gasteiger partial charge in [-0.1, -0.05) is 36.8 Å². The molecule has 0 unspecified atom stereocenters. The second-order valence-electron chi connectivity index (χ2n) is 9.45. The van der Waals surface area contributed by atoms with Crippen LogP contribution in [0, 0.1) is 0 Å². The van der Waals surface area contributed by atoms with Crippen LogP contribution < -0.4 is 9.64 Å². The first-order valence-corrected chi connectivity index (χ1v) is 12.5. The van der Waals surface area contributed by atoms with Crippen LogP contribution in [0.3, 0.4) is 0 Å². The molecule has 176 valence electrons. The Hall–Kier alpha value is -2.73. The molecule has 6 heteroatoms. The predicted molar refractivity (Wildman–Crippen MR) is 130 cm³/mol. The van der Waals surface area contributed by atoms with Crippen molar-refractivity contribution >= 4 is 11.8 Å². The van der Waals surface area contributed by atoms with Gasteiger partial charge in [0.15, 0.2) is 0 Å². The Bertz CT molecular complexity index is 885. The van der Waals surface area contributed by atoms with Crippen molar-refractivity contribution in [1.29, 1.82) is 0 Å². The SMILES string of the molecule is O=C(OCc1ccccc1)N1CCN(c2ccc(OC3CCN(C4CCC4)CC3)cc2)CC1. The summed E-state index contributed by atoms with van der Waals surface area (Å²) in [6.45, 7) is 5.62. The van der Waals surface area contributed by atoms with Crippen LogP contribution in [-0.2, 0) is 11.3 Å². The number of hydrogen-bond donors (Lipinski definition) is 0. The molecule has 1 saturated carbocycles. The van der Waals surface area contributed by atoms with Crippen molar-refractivity contribution in [2.45, 2.75) is 50.9 Å². The third-order valence-electron chi connectivity index (χ3n) is 7.32. The number of anilines is 1. The van der Waals surface area contributed by atoms with Gasteiger partial charge in [0.25, 0.3) is 0 Å². The van der Waals surface area contributed by atoms with Gasteiger partial charge in [0.2, 0.25) is 0 Å². The van der Waals surface area contributed by atoms with Crippen molar-refractivity contribution in [3.63, 3.8) is 0 Å². The minimum Gasteiger partial charge on any atom is -0.490 e. The number of carbonyl (C=O) groups is 1. The summed E-state index contributed by atoms with van der Waals surface area (Å²) in [6, 6.07) is 19.1. The molecule has 0 atom stereocenters. The number of piperazine rings is 1. The lowest BCUT2D eigenvalue weighted by atomic mass is 9.90. The molecule has 3 aliphatic rings. The molecule has 2 aromatic rings. The normalized spacial score (nSPS) is 20.4. The van der Waals surface area contributed by atoms with Crippen LogP contribution in [0.2, 0.25) is 0 Å². The highest BCUT2D eigenvalue weighted by Gasteiger charge is 2.29. The third kappa shape index (κ3) is 5.61. The highest BCUT2D eigenvalue weighted by Crippen LogP contribution is 2.29. The highest BCUT2D eigenvalue weighted by molar-refractivity contribution is 5.68. The Balaban J connectivity index is 1.04. The zero-order valence-electron chi connectivity index (χ0n) is 19.4. The van der Waals surface area contributed by atoms with E-state index in [0.717, 1.165) is 43.3 Å². The van der Waals surface area contributed by atoms with E-state index in [9.17, 15) is 4.79 Å². The number of carbonyl (C=O) groups excluding carboxylic acids is 1. The molecule has 1 aliphatic carbocycles. The zero-order chi connectivity index (χ0) is 22.5. The third-order valence-corrected chi connectivity index (χ3v) is 7.32. The van der Waals surface area contributed by atoms with E-state index in [4.69, 9.17) is 9.47 Å². The van der Waals surface area contributed by atoms with E-state index < -0.39 is 0 Å². The number of amides is 1. The maximum absolute atomic E-state index is 12.4. The van der Waals surface area contributed by atoms with Crippen LogP contribution in [0.1, 0.15) is 37.7 Å². The average Bonchev–Trinajstić information content (AvgIpc) is 2.84. The smallest absolute Gasteiger partial charge is 0.410 e. The summed E-state index contributed by atoms with van der Waals surface area (Å²) < 4.78 is 11.7. The van der Waals surface area contributed by atoms with E-state index in [1.54, 1.807) is 4.90 Å². The first kappa shape index (κ1) is 22.1. The molecule has 0 radical (unpaired) electrons. The van der Waals surface area contributed by atoms with Gasteiger partial charge in [-0.2, -0.15) is 0 Å². The molecule has 3 fully saturated rings. The second-order valence-corrected chi connectivity index (χ2v) is 9.45. The fourth-order valence-electron chi connectivity index (χ4n) is 5.00. The number of rotatable bonds is 6. The van der Waals surface area contributed by atoms with Gasteiger partial charge in [0, 0.05) is 51.0 Å². The Morgan fingerprint density at radius 2 is 1.52 bits per heavy atom. The second kappa shape index (κ2) is 10.5. The molecule has 5 rings (SSSR count). The molecule has 1 amide bonds. The maximum atomic E-state index is 12.4. The molecule has 0 bridgehead atoms. The van der Waals surface area contributed by atoms with Crippen molar-refractivity contribution in [1.82, 2.24) is 9.80 Å². The van der Waals surface area contributed by atoms with E-state index in [2.05, 4.69) is 34.1 Å². The molecule has 2 aromatic carbocycles.